The van der Waals surface area contributed by atoms with E-state index in [1.54, 1.807) is 24.3 Å². The summed E-state index contributed by atoms with van der Waals surface area (Å²) in [6.07, 6.45) is 0. The van der Waals surface area contributed by atoms with Crippen LogP contribution in [0.25, 0.3) is 10.2 Å². The van der Waals surface area contributed by atoms with Crippen LogP contribution in [0.15, 0.2) is 42.5 Å². The average Bonchev–Trinajstić information content (AvgIpc) is 2.90. The van der Waals surface area contributed by atoms with E-state index in [2.05, 4.69) is 10.3 Å². The molecule has 1 heterocycles. The van der Waals surface area contributed by atoms with Gasteiger partial charge in [-0.15, -0.1) is 11.3 Å². The number of nitrogens with zero attached hydrogens (tertiary/aromatic N) is 1. The highest BCUT2D eigenvalue weighted by molar-refractivity contribution is 7.18. The van der Waals surface area contributed by atoms with Gasteiger partial charge in [0.05, 0.1) is 16.8 Å². The number of aromatic nitrogens is 1. The first-order chi connectivity index (χ1) is 10.1. The third-order valence-corrected chi connectivity index (χ3v) is 4.19. The zero-order valence-corrected chi connectivity index (χ0v) is 12.2. The molecule has 3 rings (SSSR count). The molecule has 21 heavy (non-hydrogen) atoms. The molecule has 0 aliphatic carbocycles. The first-order valence-electron chi connectivity index (χ1n) is 6.52. The summed E-state index contributed by atoms with van der Waals surface area (Å²) in [6.45, 7) is 2.01. The molecule has 3 nitrogen and oxygen atoms in total. The molecule has 0 radical (unpaired) electrons. The summed E-state index contributed by atoms with van der Waals surface area (Å²) in [6, 6.07) is 12.2. The Balaban J connectivity index is 1.71. The number of carbonyl (C=O) groups is 1. The van der Waals surface area contributed by atoms with Crippen LogP contribution in [0.1, 0.15) is 20.9 Å². The number of hydrogen-bond donors (Lipinski definition) is 1. The number of fused-ring (bicyclic) bond motifs is 1. The second kappa shape index (κ2) is 5.61. The molecule has 0 aliphatic heterocycles. The highest BCUT2D eigenvalue weighted by atomic mass is 32.1. The maximum Gasteiger partial charge on any atom is 0.251 e. The Morgan fingerprint density at radius 3 is 2.86 bits per heavy atom. The first-order valence-corrected chi connectivity index (χ1v) is 7.34. The van der Waals surface area contributed by atoms with Crippen molar-refractivity contribution in [3.8, 4) is 0 Å². The Morgan fingerprint density at radius 2 is 2.10 bits per heavy atom. The SMILES string of the molecule is Cc1cc(C(=O)NCc2nc3ccccc3s2)ccc1F. The number of para-hydroxylation sites is 1. The van der Waals surface area contributed by atoms with Crippen molar-refractivity contribution in [3.63, 3.8) is 0 Å². The van der Waals surface area contributed by atoms with Gasteiger partial charge < -0.3 is 5.32 Å². The Kier molecular flexibility index (Phi) is 3.66. The Morgan fingerprint density at radius 1 is 1.29 bits per heavy atom. The molecule has 0 unspecified atom stereocenters. The lowest BCUT2D eigenvalue weighted by atomic mass is 10.1. The van der Waals surface area contributed by atoms with Crippen molar-refractivity contribution >= 4 is 27.5 Å². The van der Waals surface area contributed by atoms with Crippen molar-refractivity contribution in [3.05, 3.63) is 64.4 Å². The highest BCUT2D eigenvalue weighted by Crippen LogP contribution is 2.21. The molecule has 2 aromatic carbocycles. The van der Waals surface area contributed by atoms with Crippen molar-refractivity contribution < 1.29 is 9.18 Å². The van der Waals surface area contributed by atoms with Crippen LogP contribution in [0.4, 0.5) is 4.39 Å². The van der Waals surface area contributed by atoms with Crippen LogP contribution >= 0.6 is 11.3 Å². The van der Waals surface area contributed by atoms with Crippen LogP contribution < -0.4 is 5.32 Å². The normalized spacial score (nSPS) is 10.8. The lowest BCUT2D eigenvalue weighted by Gasteiger charge is -2.04. The second-order valence-corrected chi connectivity index (χ2v) is 5.84. The Hall–Kier alpha value is -2.27. The molecule has 0 saturated heterocycles. The van der Waals surface area contributed by atoms with E-state index in [9.17, 15) is 9.18 Å². The molecule has 1 aromatic heterocycles. The third-order valence-electron chi connectivity index (χ3n) is 3.16. The molecule has 0 aliphatic rings. The van der Waals surface area contributed by atoms with Crippen molar-refractivity contribution in [2.45, 2.75) is 13.5 Å². The Bertz CT molecular complexity index is 780. The second-order valence-electron chi connectivity index (χ2n) is 4.72. The van der Waals surface area contributed by atoms with Gasteiger partial charge in [0, 0.05) is 5.56 Å². The number of thiazole rings is 1. The summed E-state index contributed by atoms with van der Waals surface area (Å²) in [5, 5.41) is 3.66. The van der Waals surface area contributed by atoms with Crippen LogP contribution in [0.2, 0.25) is 0 Å². The van der Waals surface area contributed by atoms with Gasteiger partial charge in [0.1, 0.15) is 10.8 Å². The van der Waals surface area contributed by atoms with Crippen LogP contribution in [0.3, 0.4) is 0 Å². The third kappa shape index (κ3) is 2.92. The van der Waals surface area contributed by atoms with Gasteiger partial charge in [-0.1, -0.05) is 12.1 Å². The molecule has 0 spiro atoms. The topological polar surface area (TPSA) is 42.0 Å². The van der Waals surface area contributed by atoms with Gasteiger partial charge in [-0.2, -0.15) is 0 Å². The van der Waals surface area contributed by atoms with E-state index in [0.717, 1.165) is 15.2 Å². The minimum absolute atomic E-state index is 0.225. The fourth-order valence-electron chi connectivity index (χ4n) is 2.04. The van der Waals surface area contributed by atoms with Gasteiger partial charge in [-0.05, 0) is 42.8 Å². The molecule has 1 N–H and O–H groups in total. The van der Waals surface area contributed by atoms with E-state index in [1.165, 1.54) is 12.1 Å². The van der Waals surface area contributed by atoms with E-state index < -0.39 is 0 Å². The van der Waals surface area contributed by atoms with E-state index in [4.69, 9.17) is 0 Å². The van der Waals surface area contributed by atoms with Gasteiger partial charge in [0.2, 0.25) is 0 Å². The summed E-state index contributed by atoms with van der Waals surface area (Å²) in [4.78, 5) is 16.5. The van der Waals surface area contributed by atoms with Gasteiger partial charge in [0.15, 0.2) is 0 Å². The van der Waals surface area contributed by atoms with E-state index >= 15 is 0 Å². The number of carbonyl (C=O) groups excluding carboxylic acids is 1. The Labute approximate surface area is 125 Å². The largest absolute Gasteiger partial charge is 0.346 e. The van der Waals surface area contributed by atoms with Gasteiger partial charge in [0.25, 0.3) is 5.91 Å². The molecule has 1 amide bonds. The molecular formula is C16H13FN2OS. The number of nitrogens with one attached hydrogen (secondary N) is 1. The summed E-state index contributed by atoms with van der Waals surface area (Å²) in [5.74, 6) is -0.532. The summed E-state index contributed by atoms with van der Waals surface area (Å²) < 4.78 is 14.3. The van der Waals surface area contributed by atoms with Crippen LogP contribution in [-0.4, -0.2) is 10.9 Å². The number of halogens is 1. The predicted molar refractivity (Wildman–Crippen MR) is 81.9 cm³/mol. The van der Waals surface area contributed by atoms with E-state index in [1.807, 2.05) is 24.3 Å². The minimum Gasteiger partial charge on any atom is -0.346 e. The van der Waals surface area contributed by atoms with Gasteiger partial charge in [-0.3, -0.25) is 4.79 Å². The van der Waals surface area contributed by atoms with Crippen LogP contribution in [0.5, 0.6) is 0 Å². The maximum absolute atomic E-state index is 13.2. The molecule has 0 atom stereocenters. The zero-order chi connectivity index (χ0) is 14.8. The number of benzene rings is 2. The predicted octanol–water partition coefficient (Wildman–Crippen LogP) is 3.67. The number of hydrogen-bond acceptors (Lipinski definition) is 3. The van der Waals surface area contributed by atoms with Crippen molar-refractivity contribution in [2.24, 2.45) is 0 Å². The molecule has 0 bridgehead atoms. The molecular weight excluding hydrogens is 287 g/mol. The molecule has 0 fully saturated rings. The molecule has 3 aromatic rings. The van der Waals surface area contributed by atoms with Crippen molar-refractivity contribution in [1.82, 2.24) is 10.3 Å². The average molecular weight is 300 g/mol. The van der Waals surface area contributed by atoms with E-state index in [0.29, 0.717) is 17.7 Å². The fraction of sp³-hybridized carbons (Fsp3) is 0.125. The number of aryl methyl sites for hydroxylation is 1. The number of rotatable bonds is 3. The van der Waals surface area contributed by atoms with Gasteiger partial charge >= 0.3 is 0 Å². The van der Waals surface area contributed by atoms with Crippen LogP contribution in [0, 0.1) is 12.7 Å². The monoisotopic (exact) mass is 300 g/mol. The van der Waals surface area contributed by atoms with E-state index in [-0.39, 0.29) is 11.7 Å². The first kappa shape index (κ1) is 13.7. The molecule has 5 heteroatoms. The summed E-state index contributed by atoms with van der Waals surface area (Å²) in [7, 11) is 0. The quantitative estimate of drug-likeness (QED) is 0.802. The summed E-state index contributed by atoms with van der Waals surface area (Å²) in [5.41, 5.74) is 1.85. The van der Waals surface area contributed by atoms with Crippen molar-refractivity contribution in [1.29, 1.82) is 0 Å². The summed E-state index contributed by atoms with van der Waals surface area (Å²) >= 11 is 1.55. The molecule has 106 valence electrons. The minimum atomic E-state index is -0.308. The van der Waals surface area contributed by atoms with Crippen LogP contribution in [-0.2, 0) is 6.54 Å². The highest BCUT2D eigenvalue weighted by Gasteiger charge is 2.09. The maximum atomic E-state index is 13.2. The lowest BCUT2D eigenvalue weighted by Crippen LogP contribution is -2.22. The van der Waals surface area contributed by atoms with Gasteiger partial charge in [-0.25, -0.2) is 9.37 Å². The lowest BCUT2D eigenvalue weighted by molar-refractivity contribution is 0.0950. The zero-order valence-electron chi connectivity index (χ0n) is 11.4. The standard InChI is InChI=1S/C16H13FN2OS/c1-10-8-11(6-7-12(10)17)16(20)18-9-15-19-13-4-2-3-5-14(13)21-15/h2-8H,9H2,1H3,(H,18,20). The number of amides is 1. The molecule has 0 saturated carbocycles. The smallest absolute Gasteiger partial charge is 0.251 e. The fourth-order valence-corrected chi connectivity index (χ4v) is 2.95. The van der Waals surface area contributed by atoms with Crippen molar-refractivity contribution in [2.75, 3.05) is 0 Å².